The van der Waals surface area contributed by atoms with Gasteiger partial charge in [0.05, 0.1) is 6.57 Å². The van der Waals surface area contributed by atoms with Gasteiger partial charge in [-0.25, -0.2) is 4.85 Å². The summed E-state index contributed by atoms with van der Waals surface area (Å²) in [5.74, 6) is 0.924. The lowest BCUT2D eigenvalue weighted by atomic mass is 9.97. The third kappa shape index (κ3) is 9.09. The maximum absolute atomic E-state index is 9.45. The first-order chi connectivity index (χ1) is 26.9. The molecule has 0 fully saturated rings. The lowest BCUT2D eigenvalue weighted by Crippen LogP contribution is -2.68. The van der Waals surface area contributed by atoms with Gasteiger partial charge in [-0.2, -0.15) is 10.5 Å². The molecule has 0 aliphatic carbocycles. The van der Waals surface area contributed by atoms with Crippen molar-refractivity contribution in [3.8, 4) is 17.9 Å². The Bertz CT molecular complexity index is 2180. The first-order valence-electron chi connectivity index (χ1n) is 19.4. The molecule has 1 aliphatic rings. The van der Waals surface area contributed by atoms with Crippen molar-refractivity contribution in [1.29, 1.82) is 10.5 Å². The number of allylic oxidation sites excluding steroid dienone is 1. The number of hydrogen-bond donors (Lipinski definition) is 0. The highest BCUT2D eigenvalue weighted by Gasteiger charge is 2.52. The zero-order valence-corrected chi connectivity index (χ0v) is 35.5. The number of unbranched alkanes of at least 4 members (excludes halogenated alkanes) is 2. The molecule has 8 heteroatoms. The number of benzene rings is 3. The first-order valence-corrected chi connectivity index (χ1v) is 22.2. The van der Waals surface area contributed by atoms with Crippen molar-refractivity contribution in [2.75, 3.05) is 18.0 Å². The zero-order chi connectivity index (χ0) is 40.3. The lowest BCUT2D eigenvalue weighted by Gasteiger charge is -2.43. The number of ether oxygens (including phenoxy) is 1. The van der Waals surface area contributed by atoms with Crippen molar-refractivity contribution in [2.45, 2.75) is 84.8 Å². The van der Waals surface area contributed by atoms with Crippen molar-refractivity contribution < 1.29 is 9.16 Å². The van der Waals surface area contributed by atoms with E-state index in [1.807, 2.05) is 38.1 Å². The summed E-state index contributed by atoms with van der Waals surface area (Å²) in [6, 6.07) is 36.2. The van der Waals surface area contributed by atoms with Gasteiger partial charge in [-0.1, -0.05) is 114 Å². The smallest absolute Gasteiger partial charge is 0.319 e. The maximum atomic E-state index is 9.45. The molecule has 0 N–H and O–H groups in total. The number of rotatable bonds is 15. The summed E-state index contributed by atoms with van der Waals surface area (Å²) in [5, 5.41) is 21.2. The molecular formula is C48H52N4O2SSi. The van der Waals surface area contributed by atoms with Crippen molar-refractivity contribution in [3.05, 3.63) is 146 Å². The summed E-state index contributed by atoms with van der Waals surface area (Å²) in [4.78, 5) is 8.23. The minimum Gasteiger partial charge on any atom is -0.534 e. The molecule has 0 amide bonds. The van der Waals surface area contributed by atoms with Crippen LogP contribution in [0.5, 0.6) is 5.75 Å². The molecule has 5 rings (SSSR count). The molecule has 1 aliphatic heterocycles. The molecule has 0 atom stereocenters. The standard InChI is InChI=1S/C48H52N4O2SSi/c1-9-11-31-52(32-12-10-2)38-25-23-36(44(33-38)54-56(47(3,4)5,41-19-15-13-16-20-41)42-21-17-14-18-22-42)24-26-39-27-28-40(55-39)29-30-43-45(51-8)46(37(34-49)35-50)53-48(43,6)7/h13-30,33H,9-12,31-32H2,1-7H3/b26-24+,30-29+. The Morgan fingerprint density at radius 3 is 1.89 bits per heavy atom. The van der Waals surface area contributed by atoms with Crippen molar-refractivity contribution in [1.82, 2.24) is 0 Å². The minimum absolute atomic E-state index is 0.0467. The Hall–Kier alpha value is -5.59. The van der Waals surface area contributed by atoms with Crippen LogP contribution in [0.1, 0.15) is 89.5 Å². The molecule has 1 aromatic heterocycles. The van der Waals surface area contributed by atoms with Crippen LogP contribution in [-0.4, -0.2) is 27.0 Å². The van der Waals surface area contributed by atoms with Gasteiger partial charge in [-0.05, 0) is 84.6 Å². The molecule has 0 spiro atoms. The van der Waals surface area contributed by atoms with E-state index in [0.717, 1.165) is 59.8 Å². The van der Waals surface area contributed by atoms with Crippen LogP contribution in [0.25, 0.3) is 23.1 Å². The molecule has 0 bridgehead atoms. The summed E-state index contributed by atoms with van der Waals surface area (Å²) in [7, 11) is -2.93. The minimum atomic E-state index is -2.93. The maximum Gasteiger partial charge on any atom is 0.319 e. The largest absolute Gasteiger partial charge is 0.534 e. The summed E-state index contributed by atoms with van der Waals surface area (Å²) in [6.45, 7) is 24.9. The topological polar surface area (TPSA) is 73.6 Å². The molecule has 2 heterocycles. The predicted octanol–water partition coefficient (Wildman–Crippen LogP) is 11.6. The molecule has 6 nitrogen and oxygen atoms in total. The number of hydrogen-bond acceptors (Lipinski definition) is 6. The number of thiophene rings is 1. The van der Waals surface area contributed by atoms with Crippen molar-refractivity contribution in [3.63, 3.8) is 0 Å². The molecule has 0 saturated heterocycles. The van der Waals surface area contributed by atoms with E-state index in [1.54, 1.807) is 11.3 Å². The molecule has 3 aromatic carbocycles. The lowest BCUT2D eigenvalue weighted by molar-refractivity contribution is 0.0954. The van der Waals surface area contributed by atoms with Crippen LogP contribution in [0.2, 0.25) is 5.04 Å². The van der Waals surface area contributed by atoms with Crippen LogP contribution in [0.4, 0.5) is 5.69 Å². The molecule has 0 unspecified atom stereocenters. The highest BCUT2D eigenvalue weighted by molar-refractivity contribution is 7.13. The third-order valence-corrected chi connectivity index (χ3v) is 16.1. The Balaban J connectivity index is 1.58. The second kappa shape index (κ2) is 18.4. The number of nitriles is 2. The quantitative estimate of drug-likeness (QED) is 0.0683. The van der Waals surface area contributed by atoms with Gasteiger partial charge in [-0.3, -0.25) is 0 Å². The van der Waals surface area contributed by atoms with Gasteiger partial charge < -0.3 is 14.1 Å². The van der Waals surface area contributed by atoms with E-state index in [-0.39, 0.29) is 22.1 Å². The Kier molecular flexibility index (Phi) is 13.6. The summed E-state index contributed by atoms with van der Waals surface area (Å²) < 4.78 is 13.7. The van der Waals surface area contributed by atoms with Crippen molar-refractivity contribution in [2.24, 2.45) is 0 Å². The molecule has 0 radical (unpaired) electrons. The van der Waals surface area contributed by atoms with Crippen LogP contribution in [0, 0.1) is 29.2 Å². The molecular weight excluding hydrogens is 725 g/mol. The van der Waals surface area contributed by atoms with Crippen LogP contribution in [0.3, 0.4) is 0 Å². The fourth-order valence-corrected chi connectivity index (χ4v) is 12.4. The molecule has 56 heavy (non-hydrogen) atoms. The fourth-order valence-electron chi connectivity index (χ4n) is 7.17. The second-order valence-corrected chi connectivity index (χ2v) is 20.9. The van der Waals surface area contributed by atoms with E-state index < -0.39 is 13.9 Å². The van der Waals surface area contributed by atoms with E-state index in [1.165, 1.54) is 16.1 Å². The molecule has 286 valence electrons. The molecule has 0 saturated carbocycles. The van der Waals surface area contributed by atoms with Crippen LogP contribution < -0.4 is 19.7 Å². The van der Waals surface area contributed by atoms with Crippen molar-refractivity contribution >= 4 is 53.9 Å². The normalized spacial score (nSPS) is 14.0. The monoisotopic (exact) mass is 776 g/mol. The van der Waals surface area contributed by atoms with Gasteiger partial charge in [-0.15, -0.1) is 11.3 Å². The van der Waals surface area contributed by atoms with Crippen LogP contribution in [-0.2, 0) is 4.74 Å². The fraction of sp³-hybridized carbons (Fsp3) is 0.312. The van der Waals surface area contributed by atoms with Crippen LogP contribution in [0.15, 0.2) is 120 Å². The summed E-state index contributed by atoms with van der Waals surface area (Å²) in [6.07, 6.45) is 12.7. The van der Waals surface area contributed by atoms with E-state index in [4.69, 9.17) is 15.7 Å². The van der Waals surface area contributed by atoms with Gasteiger partial charge in [0.15, 0.2) is 11.3 Å². The van der Waals surface area contributed by atoms with Gasteiger partial charge in [0.1, 0.15) is 23.5 Å². The Labute approximate surface area is 339 Å². The first kappa shape index (κ1) is 41.6. The highest BCUT2D eigenvalue weighted by atomic mass is 32.1. The summed E-state index contributed by atoms with van der Waals surface area (Å²) >= 11 is 1.63. The van der Waals surface area contributed by atoms with E-state index in [2.05, 4.69) is 148 Å². The second-order valence-electron chi connectivity index (χ2n) is 15.5. The van der Waals surface area contributed by atoms with Crippen LogP contribution >= 0.6 is 11.3 Å². The van der Waals surface area contributed by atoms with Gasteiger partial charge in [0, 0.05) is 45.7 Å². The van der Waals surface area contributed by atoms with Gasteiger partial charge >= 0.3 is 8.32 Å². The zero-order valence-electron chi connectivity index (χ0n) is 33.7. The van der Waals surface area contributed by atoms with E-state index in [0.29, 0.717) is 5.57 Å². The van der Waals surface area contributed by atoms with E-state index in [9.17, 15) is 10.5 Å². The third-order valence-electron chi connectivity index (χ3n) is 10.1. The number of anilines is 1. The average Bonchev–Trinajstić information content (AvgIpc) is 3.76. The molecule has 4 aromatic rings. The average molecular weight is 777 g/mol. The van der Waals surface area contributed by atoms with E-state index >= 15 is 0 Å². The Morgan fingerprint density at radius 1 is 0.839 bits per heavy atom. The predicted molar refractivity (Wildman–Crippen MR) is 236 cm³/mol. The SMILES string of the molecule is [C-]#[N+]C1=C(/C=C/c2ccc(/C=C/c3ccc(N(CCCC)CCCC)cc3O[Si](c3ccccc3)(c3ccccc3)C(C)(C)C)s2)C(C)(C)OC1=C(C#N)C#N. The number of nitrogens with zero attached hydrogens (tertiary/aromatic N) is 4. The summed E-state index contributed by atoms with van der Waals surface area (Å²) in [5.41, 5.74) is 1.97. The van der Waals surface area contributed by atoms with Gasteiger partial charge in [0.2, 0.25) is 5.70 Å². The highest BCUT2D eigenvalue weighted by Crippen LogP contribution is 2.42. The van der Waals surface area contributed by atoms with Gasteiger partial charge in [0.25, 0.3) is 0 Å². The Morgan fingerprint density at radius 2 is 1.39 bits per heavy atom.